The number of nitrogens with zero attached hydrogens (tertiary/aromatic N) is 2. The minimum Gasteiger partial charge on any atom is -0.480 e. The quantitative estimate of drug-likeness (QED) is 0.613. The van der Waals surface area contributed by atoms with Crippen LogP contribution in [0.2, 0.25) is 0 Å². The maximum Gasteiger partial charge on any atom is 0.317 e. The molecule has 116 valence electrons. The number of piperidine rings is 1. The molecule has 3 N–H and O–H groups in total. The van der Waals surface area contributed by atoms with Gasteiger partial charge in [-0.2, -0.15) is 5.10 Å². The van der Waals surface area contributed by atoms with Crippen LogP contribution in [0.15, 0.2) is 5.10 Å². The topological polar surface area (TPSA) is 111 Å². The number of rotatable bonds is 5. The van der Waals surface area contributed by atoms with Gasteiger partial charge in [-0.3, -0.25) is 14.4 Å². The van der Waals surface area contributed by atoms with E-state index in [0.29, 0.717) is 38.2 Å². The van der Waals surface area contributed by atoms with E-state index >= 15 is 0 Å². The summed E-state index contributed by atoms with van der Waals surface area (Å²) in [6.45, 7) is 1.79. The van der Waals surface area contributed by atoms with E-state index in [4.69, 9.17) is 5.11 Å². The summed E-state index contributed by atoms with van der Waals surface area (Å²) in [5, 5.41) is 15.3. The Kier molecular flexibility index (Phi) is 5.26. The van der Waals surface area contributed by atoms with E-state index in [1.54, 1.807) is 4.90 Å². The van der Waals surface area contributed by atoms with Crippen molar-refractivity contribution in [2.45, 2.75) is 25.7 Å². The number of likely N-dealkylation sites (tertiary alicyclic amines) is 1. The number of nitrogens with one attached hydrogen (secondary N) is 2. The van der Waals surface area contributed by atoms with Gasteiger partial charge in [-0.25, -0.2) is 5.43 Å². The smallest absolute Gasteiger partial charge is 0.317 e. The normalized spacial score (nSPS) is 22.5. The van der Waals surface area contributed by atoms with Crippen molar-refractivity contribution in [3.8, 4) is 0 Å². The van der Waals surface area contributed by atoms with Crippen molar-refractivity contribution in [1.29, 1.82) is 0 Å². The molecule has 2 heterocycles. The molecule has 0 radical (unpaired) electrons. The number of hydrogen-bond acceptors (Lipinski definition) is 5. The SMILES string of the molecule is O=C(O)CNCC1CCCN(C(=O)C2=NNC(=O)CC2)C1. The van der Waals surface area contributed by atoms with Crippen molar-refractivity contribution in [2.75, 3.05) is 26.2 Å². The van der Waals surface area contributed by atoms with Crippen LogP contribution < -0.4 is 10.7 Å². The van der Waals surface area contributed by atoms with Crippen molar-refractivity contribution in [1.82, 2.24) is 15.6 Å². The van der Waals surface area contributed by atoms with Gasteiger partial charge in [-0.1, -0.05) is 0 Å². The highest BCUT2D eigenvalue weighted by Gasteiger charge is 2.28. The van der Waals surface area contributed by atoms with Gasteiger partial charge in [0.25, 0.3) is 5.91 Å². The van der Waals surface area contributed by atoms with Crippen LogP contribution in [0.1, 0.15) is 25.7 Å². The van der Waals surface area contributed by atoms with Crippen molar-refractivity contribution >= 4 is 23.5 Å². The molecular weight excluding hydrogens is 276 g/mol. The molecule has 1 fully saturated rings. The summed E-state index contributed by atoms with van der Waals surface area (Å²) in [5.74, 6) is -0.925. The van der Waals surface area contributed by atoms with Crippen LogP contribution in [0.4, 0.5) is 0 Å². The van der Waals surface area contributed by atoms with Gasteiger partial charge in [0.05, 0.1) is 6.54 Å². The summed E-state index contributed by atoms with van der Waals surface area (Å²) < 4.78 is 0. The van der Waals surface area contributed by atoms with Crippen LogP contribution in [0.3, 0.4) is 0 Å². The standard InChI is InChI=1S/C13H20N4O4/c18-11-4-3-10(15-16-11)13(21)17-5-1-2-9(8-17)6-14-7-12(19)20/h9,14H,1-8H2,(H,16,18)(H,19,20). The average Bonchev–Trinajstić information content (AvgIpc) is 2.47. The Morgan fingerprint density at radius 1 is 1.43 bits per heavy atom. The Bertz CT molecular complexity index is 463. The first-order valence-electron chi connectivity index (χ1n) is 7.13. The van der Waals surface area contributed by atoms with Gasteiger partial charge in [-0.15, -0.1) is 0 Å². The second-order valence-corrected chi connectivity index (χ2v) is 5.38. The number of carbonyl (C=O) groups is 3. The monoisotopic (exact) mass is 296 g/mol. The summed E-state index contributed by atoms with van der Waals surface area (Å²) in [5.41, 5.74) is 2.73. The zero-order valence-corrected chi connectivity index (χ0v) is 11.8. The fourth-order valence-corrected chi connectivity index (χ4v) is 2.61. The van der Waals surface area contributed by atoms with E-state index in [9.17, 15) is 14.4 Å². The van der Waals surface area contributed by atoms with Crippen LogP contribution in [0, 0.1) is 5.92 Å². The molecule has 1 saturated heterocycles. The third-order valence-corrected chi connectivity index (χ3v) is 3.67. The molecule has 8 heteroatoms. The van der Waals surface area contributed by atoms with Gasteiger partial charge < -0.3 is 15.3 Å². The number of carboxylic acid groups (broad SMARTS) is 1. The molecule has 2 aliphatic heterocycles. The van der Waals surface area contributed by atoms with Crippen LogP contribution in [-0.4, -0.2) is 59.7 Å². The summed E-state index contributed by atoms with van der Waals surface area (Å²) in [4.78, 5) is 35.6. The molecule has 0 spiro atoms. The first-order chi connectivity index (χ1) is 10.1. The van der Waals surface area contributed by atoms with Crippen molar-refractivity contribution in [3.63, 3.8) is 0 Å². The Labute approximate surface area is 122 Å². The molecular formula is C13H20N4O4. The molecule has 1 unspecified atom stereocenters. The number of aliphatic carboxylic acids is 1. The van der Waals surface area contributed by atoms with Crippen LogP contribution >= 0.6 is 0 Å². The molecule has 0 saturated carbocycles. The Balaban J connectivity index is 1.84. The van der Waals surface area contributed by atoms with Gasteiger partial charge in [0, 0.05) is 32.5 Å². The second kappa shape index (κ2) is 7.16. The van der Waals surface area contributed by atoms with Crippen LogP contribution in [-0.2, 0) is 14.4 Å². The lowest BCUT2D eigenvalue weighted by Crippen LogP contribution is -2.47. The Hall–Kier alpha value is -1.96. The lowest BCUT2D eigenvalue weighted by molar-refractivity contribution is -0.136. The number of hydrogen-bond donors (Lipinski definition) is 3. The largest absolute Gasteiger partial charge is 0.480 e. The number of amides is 2. The molecule has 1 atom stereocenters. The maximum absolute atomic E-state index is 12.3. The van der Waals surface area contributed by atoms with E-state index in [1.165, 1.54) is 0 Å². The molecule has 2 rings (SSSR count). The summed E-state index contributed by atoms with van der Waals surface area (Å²) >= 11 is 0. The average molecular weight is 296 g/mol. The highest BCUT2D eigenvalue weighted by molar-refractivity contribution is 6.39. The predicted molar refractivity (Wildman–Crippen MR) is 74.6 cm³/mol. The van der Waals surface area contributed by atoms with E-state index in [0.717, 1.165) is 12.8 Å². The fraction of sp³-hybridized carbons (Fsp3) is 0.692. The molecule has 0 aromatic heterocycles. The minimum absolute atomic E-state index is 0.0663. The third kappa shape index (κ3) is 4.52. The number of carbonyl (C=O) groups excluding carboxylic acids is 2. The van der Waals surface area contributed by atoms with Gasteiger partial charge in [0.15, 0.2) is 0 Å². The highest BCUT2D eigenvalue weighted by atomic mass is 16.4. The van der Waals surface area contributed by atoms with E-state index in [-0.39, 0.29) is 24.3 Å². The molecule has 8 nitrogen and oxygen atoms in total. The Morgan fingerprint density at radius 3 is 2.90 bits per heavy atom. The zero-order chi connectivity index (χ0) is 15.2. The molecule has 2 aliphatic rings. The Morgan fingerprint density at radius 2 is 2.24 bits per heavy atom. The van der Waals surface area contributed by atoms with Gasteiger partial charge in [-0.05, 0) is 18.8 Å². The first-order valence-corrected chi connectivity index (χ1v) is 7.13. The van der Waals surface area contributed by atoms with Crippen molar-refractivity contribution in [2.24, 2.45) is 11.0 Å². The third-order valence-electron chi connectivity index (χ3n) is 3.67. The molecule has 21 heavy (non-hydrogen) atoms. The lowest BCUT2D eigenvalue weighted by Gasteiger charge is -2.33. The fourth-order valence-electron chi connectivity index (χ4n) is 2.61. The first kappa shape index (κ1) is 15.4. The van der Waals surface area contributed by atoms with E-state index in [2.05, 4.69) is 15.8 Å². The van der Waals surface area contributed by atoms with Crippen LogP contribution in [0.5, 0.6) is 0 Å². The van der Waals surface area contributed by atoms with Gasteiger partial charge in [0.1, 0.15) is 5.71 Å². The second-order valence-electron chi connectivity index (χ2n) is 5.38. The van der Waals surface area contributed by atoms with Crippen molar-refractivity contribution in [3.05, 3.63) is 0 Å². The molecule has 0 aromatic rings. The lowest BCUT2D eigenvalue weighted by atomic mass is 9.97. The van der Waals surface area contributed by atoms with E-state index in [1.807, 2.05) is 0 Å². The summed E-state index contributed by atoms with van der Waals surface area (Å²) in [7, 11) is 0. The molecule has 0 bridgehead atoms. The van der Waals surface area contributed by atoms with Gasteiger partial charge >= 0.3 is 5.97 Å². The molecule has 0 aromatic carbocycles. The minimum atomic E-state index is -0.883. The van der Waals surface area contributed by atoms with Crippen molar-refractivity contribution < 1.29 is 19.5 Å². The number of carboxylic acids is 1. The van der Waals surface area contributed by atoms with Crippen LogP contribution in [0.25, 0.3) is 0 Å². The summed E-state index contributed by atoms with van der Waals surface area (Å²) in [6, 6.07) is 0. The molecule has 0 aliphatic carbocycles. The zero-order valence-electron chi connectivity index (χ0n) is 11.8. The molecule has 2 amide bonds. The number of hydrazone groups is 1. The predicted octanol–water partition coefficient (Wildman–Crippen LogP) is -0.835. The maximum atomic E-state index is 12.3. The highest BCUT2D eigenvalue weighted by Crippen LogP contribution is 2.17. The van der Waals surface area contributed by atoms with E-state index < -0.39 is 5.97 Å². The summed E-state index contributed by atoms with van der Waals surface area (Å²) in [6.07, 6.45) is 2.54. The van der Waals surface area contributed by atoms with Gasteiger partial charge in [0.2, 0.25) is 5.91 Å².